The van der Waals surface area contributed by atoms with Crippen molar-refractivity contribution in [3.05, 3.63) is 36.3 Å². The quantitative estimate of drug-likeness (QED) is 0.824. The van der Waals surface area contributed by atoms with Crippen molar-refractivity contribution in [1.82, 2.24) is 15.2 Å². The van der Waals surface area contributed by atoms with E-state index in [9.17, 15) is 4.39 Å². The summed E-state index contributed by atoms with van der Waals surface area (Å²) < 4.78 is 14.0. The van der Waals surface area contributed by atoms with Crippen molar-refractivity contribution in [2.45, 2.75) is 38.6 Å². The number of benzene rings is 1. The van der Waals surface area contributed by atoms with E-state index in [2.05, 4.69) is 31.8 Å². The maximum Gasteiger partial charge on any atom is 0.247 e. The third kappa shape index (κ3) is 3.82. The Kier molecular flexibility index (Phi) is 5.36. The zero-order chi connectivity index (χ0) is 18.6. The summed E-state index contributed by atoms with van der Waals surface area (Å²) >= 11 is 0. The van der Waals surface area contributed by atoms with E-state index in [1.165, 1.54) is 25.3 Å². The molecule has 2 fully saturated rings. The average molecular weight is 370 g/mol. The molecule has 2 aromatic rings. The number of piperidine rings is 1. The smallest absolute Gasteiger partial charge is 0.247 e. The van der Waals surface area contributed by atoms with Crippen molar-refractivity contribution < 1.29 is 4.39 Å². The van der Waals surface area contributed by atoms with Gasteiger partial charge in [0.15, 0.2) is 5.82 Å². The minimum Gasteiger partial charge on any atom is -0.366 e. The third-order valence-electron chi connectivity index (χ3n) is 5.69. The lowest BCUT2D eigenvalue weighted by molar-refractivity contribution is 0.441. The van der Waals surface area contributed by atoms with Gasteiger partial charge < -0.3 is 14.7 Å². The van der Waals surface area contributed by atoms with Gasteiger partial charge in [-0.3, -0.25) is 0 Å². The lowest BCUT2D eigenvalue weighted by atomic mass is 10.0. The number of aromatic nitrogens is 3. The zero-order valence-electron chi connectivity index (χ0n) is 15.9. The fourth-order valence-electron chi connectivity index (χ4n) is 4.13. The van der Waals surface area contributed by atoms with E-state index in [4.69, 9.17) is 4.98 Å². The number of piperazine rings is 1. The Morgan fingerprint density at radius 3 is 2.59 bits per heavy atom. The Morgan fingerprint density at radius 2 is 1.81 bits per heavy atom. The molecule has 144 valence electrons. The molecule has 0 N–H and O–H groups in total. The molecule has 0 radical (unpaired) electrons. The first-order valence-corrected chi connectivity index (χ1v) is 9.97. The van der Waals surface area contributed by atoms with Gasteiger partial charge in [-0.2, -0.15) is 10.1 Å². The molecule has 0 aliphatic carbocycles. The summed E-state index contributed by atoms with van der Waals surface area (Å²) in [5.41, 5.74) is 0.678. The Labute approximate surface area is 160 Å². The maximum absolute atomic E-state index is 14.0. The summed E-state index contributed by atoms with van der Waals surface area (Å²) in [7, 11) is 0. The minimum atomic E-state index is -0.160. The van der Waals surface area contributed by atoms with Gasteiger partial charge in [0, 0.05) is 38.8 Å². The summed E-state index contributed by atoms with van der Waals surface area (Å²) in [5.74, 6) is 1.46. The van der Waals surface area contributed by atoms with Gasteiger partial charge in [-0.25, -0.2) is 4.39 Å². The number of anilines is 3. The molecule has 6 nitrogen and oxygen atoms in total. The second kappa shape index (κ2) is 8.06. The normalized spacial score (nSPS) is 20.8. The van der Waals surface area contributed by atoms with Gasteiger partial charge in [-0.1, -0.05) is 19.1 Å². The van der Waals surface area contributed by atoms with E-state index < -0.39 is 0 Å². The molecule has 2 aliphatic heterocycles. The fraction of sp³-hybridized carbons (Fsp3) is 0.550. The molecule has 27 heavy (non-hydrogen) atoms. The van der Waals surface area contributed by atoms with Crippen LogP contribution < -0.4 is 14.7 Å². The molecule has 0 bridgehead atoms. The molecule has 3 heterocycles. The highest BCUT2D eigenvalue weighted by Gasteiger charge is 2.25. The molecular weight excluding hydrogens is 343 g/mol. The van der Waals surface area contributed by atoms with Crippen LogP contribution in [0.25, 0.3) is 0 Å². The van der Waals surface area contributed by atoms with Crippen molar-refractivity contribution in [2.24, 2.45) is 0 Å². The molecule has 0 amide bonds. The van der Waals surface area contributed by atoms with E-state index in [0.717, 1.165) is 50.9 Å². The van der Waals surface area contributed by atoms with Crippen LogP contribution in [0.3, 0.4) is 0 Å². The highest BCUT2D eigenvalue weighted by atomic mass is 19.1. The number of nitrogens with zero attached hydrogens (tertiary/aromatic N) is 6. The van der Waals surface area contributed by atoms with Crippen LogP contribution in [-0.2, 0) is 0 Å². The molecule has 1 atom stereocenters. The Morgan fingerprint density at radius 1 is 1.04 bits per heavy atom. The monoisotopic (exact) mass is 370 g/mol. The summed E-state index contributed by atoms with van der Waals surface area (Å²) in [5, 5.41) is 8.53. The molecule has 1 unspecified atom stereocenters. The molecule has 2 saturated heterocycles. The molecule has 0 saturated carbocycles. The first kappa shape index (κ1) is 17.9. The van der Waals surface area contributed by atoms with E-state index in [1.54, 1.807) is 12.3 Å². The predicted molar refractivity (Wildman–Crippen MR) is 106 cm³/mol. The van der Waals surface area contributed by atoms with E-state index in [-0.39, 0.29) is 5.82 Å². The molecule has 7 heteroatoms. The first-order chi connectivity index (χ1) is 13.3. The van der Waals surface area contributed by atoms with Crippen molar-refractivity contribution in [3.8, 4) is 0 Å². The van der Waals surface area contributed by atoms with Crippen LogP contribution in [0.5, 0.6) is 0 Å². The van der Waals surface area contributed by atoms with Gasteiger partial charge in [-0.15, -0.1) is 5.10 Å². The number of hydrogen-bond donors (Lipinski definition) is 0. The molecule has 1 aromatic heterocycles. The highest BCUT2D eigenvalue weighted by molar-refractivity contribution is 5.50. The fourth-order valence-corrected chi connectivity index (χ4v) is 4.13. The summed E-state index contributed by atoms with van der Waals surface area (Å²) in [6, 6.07) is 7.48. The van der Waals surface area contributed by atoms with E-state index in [1.807, 2.05) is 12.1 Å². The zero-order valence-corrected chi connectivity index (χ0v) is 15.9. The third-order valence-corrected chi connectivity index (χ3v) is 5.69. The van der Waals surface area contributed by atoms with E-state index in [0.29, 0.717) is 11.7 Å². The van der Waals surface area contributed by atoms with Crippen molar-refractivity contribution in [1.29, 1.82) is 0 Å². The maximum atomic E-state index is 14.0. The molecular formula is C20H27FN6. The predicted octanol–water partition coefficient (Wildman–Crippen LogP) is 3.11. The molecule has 2 aliphatic rings. The highest BCUT2D eigenvalue weighted by Crippen LogP contribution is 2.26. The molecule has 4 rings (SSSR count). The SMILES string of the molecule is CCC1CCCCN1c1nncc(N2CCN(c3ccccc3F)CC2)n1. The lowest BCUT2D eigenvalue weighted by Gasteiger charge is -2.38. The Balaban J connectivity index is 1.45. The topological polar surface area (TPSA) is 48.4 Å². The van der Waals surface area contributed by atoms with Crippen LogP contribution >= 0.6 is 0 Å². The van der Waals surface area contributed by atoms with Crippen molar-refractivity contribution in [3.63, 3.8) is 0 Å². The second-order valence-electron chi connectivity index (χ2n) is 7.29. The van der Waals surface area contributed by atoms with Crippen LogP contribution in [0.1, 0.15) is 32.6 Å². The van der Waals surface area contributed by atoms with Gasteiger partial charge >= 0.3 is 0 Å². The standard InChI is InChI=1S/C20H27FN6/c1-2-16-7-5-6-10-27(16)20-23-19(15-22-24-20)26-13-11-25(12-14-26)18-9-4-3-8-17(18)21/h3-4,8-9,15-16H,2,5-7,10-14H2,1H3. The summed E-state index contributed by atoms with van der Waals surface area (Å²) in [6.07, 6.45) is 6.51. The van der Waals surface area contributed by atoms with Gasteiger partial charge in [-0.05, 0) is 37.8 Å². The van der Waals surface area contributed by atoms with Gasteiger partial charge in [0.25, 0.3) is 0 Å². The van der Waals surface area contributed by atoms with Gasteiger partial charge in [0.05, 0.1) is 11.9 Å². The van der Waals surface area contributed by atoms with Gasteiger partial charge in [0.2, 0.25) is 5.95 Å². The van der Waals surface area contributed by atoms with Gasteiger partial charge in [0.1, 0.15) is 5.82 Å². The largest absolute Gasteiger partial charge is 0.366 e. The van der Waals surface area contributed by atoms with Crippen LogP contribution in [0.2, 0.25) is 0 Å². The Bertz CT molecular complexity index is 762. The average Bonchev–Trinajstić information content (AvgIpc) is 2.74. The lowest BCUT2D eigenvalue weighted by Crippen LogP contribution is -2.47. The van der Waals surface area contributed by atoms with E-state index >= 15 is 0 Å². The van der Waals surface area contributed by atoms with Crippen LogP contribution in [0, 0.1) is 5.82 Å². The summed E-state index contributed by atoms with van der Waals surface area (Å²) in [6.45, 7) is 6.35. The van der Waals surface area contributed by atoms with Crippen LogP contribution in [-0.4, -0.2) is 53.9 Å². The minimum absolute atomic E-state index is 0.160. The number of halogens is 1. The number of hydrogen-bond acceptors (Lipinski definition) is 6. The van der Waals surface area contributed by atoms with Crippen LogP contribution in [0.15, 0.2) is 30.5 Å². The molecule has 1 aromatic carbocycles. The molecule has 0 spiro atoms. The van der Waals surface area contributed by atoms with Crippen molar-refractivity contribution in [2.75, 3.05) is 47.4 Å². The van der Waals surface area contributed by atoms with Crippen LogP contribution in [0.4, 0.5) is 21.8 Å². The second-order valence-corrected chi connectivity index (χ2v) is 7.29. The Hall–Kier alpha value is -2.44. The first-order valence-electron chi connectivity index (χ1n) is 9.97. The summed E-state index contributed by atoms with van der Waals surface area (Å²) in [4.78, 5) is 11.5. The number of rotatable bonds is 4. The number of para-hydroxylation sites is 1. The van der Waals surface area contributed by atoms with Crippen molar-refractivity contribution >= 4 is 17.5 Å².